The number of hydrogen-bond acceptors (Lipinski definition) is 6. The molecule has 0 bridgehead atoms. The predicted molar refractivity (Wildman–Crippen MR) is 83.8 cm³/mol. The van der Waals surface area contributed by atoms with E-state index < -0.39 is 0 Å². The zero-order valence-electron chi connectivity index (χ0n) is 12.4. The number of nitrogens with one attached hydrogen (secondary N) is 1. The number of hydrogen-bond donors (Lipinski definition) is 1. The molecule has 3 aromatic rings. The molecule has 1 N–H and O–H groups in total. The van der Waals surface area contributed by atoms with Gasteiger partial charge >= 0.3 is 0 Å². The van der Waals surface area contributed by atoms with Crippen LogP contribution in [0.5, 0.6) is 0 Å². The smallest absolute Gasteiger partial charge is 0.200 e. The topological polar surface area (TPSA) is 71.2 Å². The number of rotatable bonds is 3. The summed E-state index contributed by atoms with van der Waals surface area (Å²) in [6, 6.07) is 10.8. The van der Waals surface area contributed by atoms with Crippen molar-refractivity contribution in [1.82, 2.24) is 25.3 Å². The molecule has 7 nitrogen and oxygen atoms in total. The van der Waals surface area contributed by atoms with Crippen molar-refractivity contribution < 1.29 is 4.39 Å². The van der Waals surface area contributed by atoms with Crippen LogP contribution in [0.1, 0.15) is 12.8 Å². The van der Waals surface area contributed by atoms with Gasteiger partial charge in [-0.25, -0.2) is 4.39 Å². The zero-order chi connectivity index (χ0) is 15.6. The molecule has 1 fully saturated rings. The molecule has 2 aromatic heterocycles. The van der Waals surface area contributed by atoms with Crippen molar-refractivity contribution in [2.45, 2.75) is 18.9 Å². The molecule has 1 aromatic carbocycles. The first kappa shape index (κ1) is 13.9. The normalized spacial score (nSPS) is 18.3. The van der Waals surface area contributed by atoms with Crippen LogP contribution in [0.4, 0.5) is 15.9 Å². The molecular weight excluding hydrogens is 297 g/mol. The first-order valence-electron chi connectivity index (χ1n) is 7.61. The van der Waals surface area contributed by atoms with Crippen molar-refractivity contribution in [3.63, 3.8) is 0 Å². The fourth-order valence-electron chi connectivity index (χ4n) is 2.96. The van der Waals surface area contributed by atoms with Crippen molar-refractivity contribution in [2.75, 3.05) is 23.3 Å². The van der Waals surface area contributed by atoms with E-state index in [2.05, 4.69) is 30.8 Å². The number of aromatic nitrogens is 5. The Kier molecular flexibility index (Phi) is 3.49. The predicted octanol–water partition coefficient (Wildman–Crippen LogP) is 1.74. The van der Waals surface area contributed by atoms with E-state index in [1.807, 2.05) is 24.3 Å². The van der Waals surface area contributed by atoms with Crippen molar-refractivity contribution in [1.29, 1.82) is 0 Å². The lowest BCUT2D eigenvalue weighted by Gasteiger charge is -2.35. The number of nitrogens with zero attached hydrogens (tertiary/aromatic N) is 6. The van der Waals surface area contributed by atoms with Gasteiger partial charge in [0.05, 0.1) is 5.69 Å². The van der Waals surface area contributed by atoms with Crippen LogP contribution in [0.3, 0.4) is 0 Å². The van der Waals surface area contributed by atoms with Gasteiger partial charge in [-0.15, -0.1) is 14.8 Å². The van der Waals surface area contributed by atoms with Crippen LogP contribution in [-0.2, 0) is 0 Å². The molecule has 3 heterocycles. The molecule has 8 heteroatoms. The fourth-order valence-corrected chi connectivity index (χ4v) is 2.96. The average molecular weight is 313 g/mol. The van der Waals surface area contributed by atoms with E-state index in [9.17, 15) is 4.39 Å². The van der Waals surface area contributed by atoms with Crippen LogP contribution in [0.15, 0.2) is 36.4 Å². The van der Waals surface area contributed by atoms with Gasteiger partial charge in [-0.1, -0.05) is 12.1 Å². The molecule has 23 heavy (non-hydrogen) atoms. The molecule has 1 aliphatic heterocycles. The highest BCUT2D eigenvalue weighted by Crippen LogP contribution is 2.24. The molecule has 0 spiro atoms. The minimum Gasteiger partial charge on any atom is -0.367 e. The molecule has 1 unspecified atom stereocenters. The maximum absolute atomic E-state index is 14.0. The summed E-state index contributed by atoms with van der Waals surface area (Å²) in [6.45, 7) is 1.59. The van der Waals surface area contributed by atoms with E-state index in [1.165, 1.54) is 10.7 Å². The Hall–Kier alpha value is -2.77. The number of para-hydroxylation sites is 1. The summed E-state index contributed by atoms with van der Waals surface area (Å²) in [5, 5.41) is 18.9. The lowest BCUT2D eigenvalue weighted by atomic mass is 10.0. The molecule has 0 saturated carbocycles. The molecule has 4 rings (SSSR count). The maximum Gasteiger partial charge on any atom is 0.200 e. The molecule has 0 radical (unpaired) electrons. The van der Waals surface area contributed by atoms with Crippen LogP contribution >= 0.6 is 0 Å². The van der Waals surface area contributed by atoms with Crippen LogP contribution in [0.25, 0.3) is 5.65 Å². The summed E-state index contributed by atoms with van der Waals surface area (Å²) in [5.41, 5.74) is 1.26. The second kappa shape index (κ2) is 5.79. The summed E-state index contributed by atoms with van der Waals surface area (Å²) in [7, 11) is 0. The third-order valence-electron chi connectivity index (χ3n) is 4.04. The van der Waals surface area contributed by atoms with Gasteiger partial charge in [-0.2, -0.15) is 0 Å². The standard InChI is InChI=1S/C15H16FN7/c16-12-5-1-2-6-13(12)22-9-3-4-11(10-22)17-14-7-8-15-18-20-21-23(15)19-14/h1-2,5-8,11H,3-4,9-10H2,(H,17,19). The van der Waals surface area contributed by atoms with Crippen molar-refractivity contribution in [3.05, 3.63) is 42.2 Å². The monoisotopic (exact) mass is 313 g/mol. The van der Waals surface area contributed by atoms with E-state index in [1.54, 1.807) is 6.07 Å². The average Bonchev–Trinajstić information content (AvgIpc) is 3.03. The van der Waals surface area contributed by atoms with E-state index in [0.717, 1.165) is 25.9 Å². The quantitative estimate of drug-likeness (QED) is 0.794. The van der Waals surface area contributed by atoms with Gasteiger partial charge in [0.2, 0.25) is 0 Å². The Morgan fingerprint density at radius 2 is 2.09 bits per heavy atom. The maximum atomic E-state index is 14.0. The van der Waals surface area contributed by atoms with Gasteiger partial charge < -0.3 is 10.2 Å². The lowest BCUT2D eigenvalue weighted by Crippen LogP contribution is -2.42. The van der Waals surface area contributed by atoms with Gasteiger partial charge in [-0.05, 0) is 47.5 Å². The Bertz CT molecular complexity index is 818. The van der Waals surface area contributed by atoms with Gasteiger partial charge in [0.1, 0.15) is 11.6 Å². The molecule has 118 valence electrons. The number of piperidine rings is 1. The van der Waals surface area contributed by atoms with E-state index >= 15 is 0 Å². The van der Waals surface area contributed by atoms with Crippen LogP contribution in [-0.4, -0.2) is 44.4 Å². The third-order valence-corrected chi connectivity index (χ3v) is 4.04. The highest BCUT2D eigenvalue weighted by molar-refractivity contribution is 5.49. The zero-order valence-corrected chi connectivity index (χ0v) is 12.4. The second-order valence-electron chi connectivity index (χ2n) is 5.63. The van der Waals surface area contributed by atoms with E-state index in [0.29, 0.717) is 17.2 Å². The number of anilines is 2. The third kappa shape index (κ3) is 2.79. The summed E-state index contributed by atoms with van der Waals surface area (Å²) >= 11 is 0. The number of tetrazole rings is 1. The number of benzene rings is 1. The largest absolute Gasteiger partial charge is 0.367 e. The minimum absolute atomic E-state index is 0.179. The Balaban J connectivity index is 1.50. The van der Waals surface area contributed by atoms with Gasteiger partial charge in [0.15, 0.2) is 5.65 Å². The van der Waals surface area contributed by atoms with Gasteiger partial charge in [0.25, 0.3) is 0 Å². The van der Waals surface area contributed by atoms with Gasteiger partial charge in [0, 0.05) is 19.1 Å². The Morgan fingerprint density at radius 3 is 3.00 bits per heavy atom. The molecule has 1 atom stereocenters. The Morgan fingerprint density at radius 1 is 1.17 bits per heavy atom. The molecule has 1 saturated heterocycles. The van der Waals surface area contributed by atoms with Gasteiger partial charge in [-0.3, -0.25) is 0 Å². The summed E-state index contributed by atoms with van der Waals surface area (Å²) in [5.74, 6) is 0.534. The number of halogens is 1. The summed E-state index contributed by atoms with van der Waals surface area (Å²) < 4.78 is 15.4. The first-order valence-corrected chi connectivity index (χ1v) is 7.61. The summed E-state index contributed by atoms with van der Waals surface area (Å²) in [6.07, 6.45) is 2.01. The van der Waals surface area contributed by atoms with Crippen molar-refractivity contribution in [2.24, 2.45) is 0 Å². The van der Waals surface area contributed by atoms with Crippen LogP contribution in [0.2, 0.25) is 0 Å². The molecule has 0 amide bonds. The lowest BCUT2D eigenvalue weighted by molar-refractivity contribution is 0.517. The Labute approximate surface area is 132 Å². The second-order valence-corrected chi connectivity index (χ2v) is 5.63. The minimum atomic E-state index is -0.179. The fraction of sp³-hybridized carbons (Fsp3) is 0.333. The molecule has 0 aliphatic carbocycles. The summed E-state index contributed by atoms with van der Waals surface area (Å²) in [4.78, 5) is 2.08. The van der Waals surface area contributed by atoms with Crippen molar-refractivity contribution >= 4 is 17.2 Å². The molecular formula is C15H16FN7. The van der Waals surface area contributed by atoms with Crippen LogP contribution < -0.4 is 10.2 Å². The highest BCUT2D eigenvalue weighted by atomic mass is 19.1. The van der Waals surface area contributed by atoms with Crippen LogP contribution in [0, 0.1) is 5.82 Å². The van der Waals surface area contributed by atoms with Crippen molar-refractivity contribution in [3.8, 4) is 0 Å². The first-order chi connectivity index (χ1) is 11.3. The molecule has 1 aliphatic rings. The highest BCUT2D eigenvalue weighted by Gasteiger charge is 2.22. The SMILES string of the molecule is Fc1ccccc1N1CCCC(Nc2ccc3nnnn3n2)C1. The van der Waals surface area contributed by atoms with E-state index in [-0.39, 0.29) is 11.9 Å². The number of fused-ring (bicyclic) bond motifs is 1. The van der Waals surface area contributed by atoms with E-state index in [4.69, 9.17) is 0 Å².